The van der Waals surface area contributed by atoms with E-state index < -0.39 is 16.1 Å². The van der Waals surface area contributed by atoms with Gasteiger partial charge in [-0.25, -0.2) is 13.1 Å². The molecule has 3 aromatic carbocycles. The molecule has 5 aromatic rings. The van der Waals surface area contributed by atoms with E-state index in [1.165, 1.54) is 0 Å². The first kappa shape index (κ1) is 22.3. The Balaban J connectivity index is 1.35. The molecule has 6 nitrogen and oxygen atoms in total. The van der Waals surface area contributed by atoms with Crippen LogP contribution in [0.2, 0.25) is 0 Å². The number of aliphatic hydroxyl groups excluding tert-OH is 1. The normalized spacial score (nSPS) is 14.3. The summed E-state index contributed by atoms with van der Waals surface area (Å²) in [5.41, 5.74) is 3.66. The number of fused-ring (bicyclic) bond motifs is 3. The highest BCUT2D eigenvalue weighted by Crippen LogP contribution is 2.40. The Hall–Kier alpha value is -3.17. The third kappa shape index (κ3) is 4.12. The van der Waals surface area contributed by atoms with E-state index in [2.05, 4.69) is 27.9 Å². The van der Waals surface area contributed by atoms with Crippen molar-refractivity contribution in [1.29, 1.82) is 0 Å². The SMILES string of the molecule is O=S(=O)(N[C@@H](CO)Cc1c[nH]c2ccccc12)c1cc(-c2cc3ccccc3s2)cc2c1OCC2. The molecule has 0 saturated carbocycles. The smallest absolute Gasteiger partial charge is 0.244 e. The molecule has 3 N–H and O–H groups in total. The van der Waals surface area contributed by atoms with Crippen molar-refractivity contribution in [2.75, 3.05) is 13.2 Å². The molecule has 2 aromatic heterocycles. The Morgan fingerprint density at radius 1 is 1.09 bits per heavy atom. The maximum atomic E-state index is 13.6. The number of sulfonamides is 1. The van der Waals surface area contributed by atoms with Crippen LogP contribution in [-0.4, -0.2) is 37.8 Å². The van der Waals surface area contributed by atoms with Crippen LogP contribution in [0.3, 0.4) is 0 Å². The van der Waals surface area contributed by atoms with E-state index in [-0.39, 0.29) is 11.5 Å². The number of hydrogen-bond acceptors (Lipinski definition) is 5. The average Bonchev–Trinajstić information content (AvgIpc) is 3.60. The minimum Gasteiger partial charge on any atom is -0.492 e. The summed E-state index contributed by atoms with van der Waals surface area (Å²) >= 11 is 1.64. The summed E-state index contributed by atoms with van der Waals surface area (Å²) in [5.74, 6) is 0.408. The minimum absolute atomic E-state index is 0.123. The van der Waals surface area contributed by atoms with Crippen molar-refractivity contribution in [2.24, 2.45) is 0 Å². The van der Waals surface area contributed by atoms with Gasteiger partial charge in [-0.2, -0.15) is 0 Å². The van der Waals surface area contributed by atoms with E-state index >= 15 is 0 Å². The van der Waals surface area contributed by atoms with E-state index in [0.717, 1.165) is 42.6 Å². The Morgan fingerprint density at radius 3 is 2.77 bits per heavy atom. The number of nitrogens with one attached hydrogen (secondary N) is 2. The maximum Gasteiger partial charge on any atom is 0.244 e. The molecule has 0 saturated heterocycles. The van der Waals surface area contributed by atoms with Gasteiger partial charge in [0.15, 0.2) is 0 Å². The number of rotatable bonds is 7. The second-order valence-corrected chi connectivity index (χ2v) is 11.5. The average molecular weight is 505 g/mol. The fourth-order valence-electron chi connectivity index (χ4n) is 4.73. The number of aromatic nitrogens is 1. The van der Waals surface area contributed by atoms with Crippen molar-refractivity contribution in [3.63, 3.8) is 0 Å². The summed E-state index contributed by atoms with van der Waals surface area (Å²) in [6.45, 7) is 0.129. The first-order chi connectivity index (χ1) is 17.0. The van der Waals surface area contributed by atoms with Gasteiger partial charge in [0.1, 0.15) is 10.6 Å². The zero-order valence-corrected chi connectivity index (χ0v) is 20.5. The molecule has 0 radical (unpaired) electrons. The molecule has 0 bridgehead atoms. The molecule has 178 valence electrons. The first-order valence-corrected chi connectivity index (χ1v) is 13.8. The zero-order chi connectivity index (χ0) is 24.0. The number of H-pyrrole nitrogens is 1. The number of thiophene rings is 1. The van der Waals surface area contributed by atoms with Gasteiger partial charge in [-0.3, -0.25) is 0 Å². The maximum absolute atomic E-state index is 13.6. The molecule has 8 heteroatoms. The fraction of sp³-hybridized carbons (Fsp3) is 0.185. The predicted octanol–water partition coefficient (Wildman–Crippen LogP) is 4.87. The Morgan fingerprint density at radius 2 is 1.91 bits per heavy atom. The number of benzene rings is 3. The van der Waals surface area contributed by atoms with E-state index in [4.69, 9.17) is 4.74 Å². The van der Waals surface area contributed by atoms with Crippen LogP contribution < -0.4 is 9.46 Å². The van der Waals surface area contributed by atoms with E-state index in [1.807, 2.05) is 48.7 Å². The monoisotopic (exact) mass is 504 g/mol. The van der Waals surface area contributed by atoms with E-state index in [0.29, 0.717) is 25.2 Å². The lowest BCUT2D eigenvalue weighted by Gasteiger charge is -2.18. The molecule has 3 heterocycles. The lowest BCUT2D eigenvalue weighted by Crippen LogP contribution is -2.39. The molecule has 0 aliphatic carbocycles. The molecule has 35 heavy (non-hydrogen) atoms. The number of aliphatic hydroxyl groups is 1. The highest BCUT2D eigenvalue weighted by Gasteiger charge is 2.29. The molecule has 1 aliphatic rings. The zero-order valence-electron chi connectivity index (χ0n) is 18.8. The number of para-hydroxylation sites is 1. The number of ether oxygens (including phenoxy) is 1. The van der Waals surface area contributed by atoms with Gasteiger partial charge in [0.2, 0.25) is 10.0 Å². The van der Waals surface area contributed by atoms with Crippen molar-refractivity contribution in [2.45, 2.75) is 23.8 Å². The second kappa shape index (κ2) is 8.80. The third-order valence-corrected chi connectivity index (χ3v) is 9.12. The van der Waals surface area contributed by atoms with Gasteiger partial charge in [-0.1, -0.05) is 36.4 Å². The van der Waals surface area contributed by atoms with Gasteiger partial charge in [-0.15, -0.1) is 11.3 Å². The predicted molar refractivity (Wildman–Crippen MR) is 140 cm³/mol. The molecular weight excluding hydrogens is 480 g/mol. The van der Waals surface area contributed by atoms with Crippen LogP contribution in [0.4, 0.5) is 0 Å². The summed E-state index contributed by atoms with van der Waals surface area (Å²) in [6.07, 6.45) is 2.89. The summed E-state index contributed by atoms with van der Waals surface area (Å²) in [6, 6.07) is 21.1. The lowest BCUT2D eigenvalue weighted by atomic mass is 10.1. The molecule has 0 unspecified atom stereocenters. The molecule has 0 amide bonds. The van der Waals surface area contributed by atoms with E-state index in [9.17, 15) is 13.5 Å². The van der Waals surface area contributed by atoms with Gasteiger partial charge in [-0.05, 0) is 58.8 Å². The molecule has 0 spiro atoms. The molecule has 6 rings (SSSR count). The summed E-state index contributed by atoms with van der Waals surface area (Å²) in [7, 11) is -3.95. The minimum atomic E-state index is -3.95. The van der Waals surface area contributed by atoms with Crippen molar-refractivity contribution in [3.8, 4) is 16.2 Å². The van der Waals surface area contributed by atoms with Crippen molar-refractivity contribution in [1.82, 2.24) is 9.71 Å². The summed E-state index contributed by atoms with van der Waals surface area (Å²) in [4.78, 5) is 4.34. The van der Waals surface area contributed by atoms with Gasteiger partial charge < -0.3 is 14.8 Å². The fourth-order valence-corrected chi connectivity index (χ4v) is 7.22. The molecular formula is C27H24N2O4S2. The largest absolute Gasteiger partial charge is 0.492 e. The van der Waals surface area contributed by atoms with Crippen LogP contribution in [0.5, 0.6) is 5.75 Å². The topological polar surface area (TPSA) is 91.4 Å². The summed E-state index contributed by atoms with van der Waals surface area (Å²) < 4.78 is 36.8. The van der Waals surface area contributed by atoms with Crippen LogP contribution in [0, 0.1) is 0 Å². The van der Waals surface area contributed by atoms with Gasteiger partial charge in [0, 0.05) is 39.1 Å². The highest BCUT2D eigenvalue weighted by molar-refractivity contribution is 7.89. The Bertz CT molecular complexity index is 1620. The standard InChI is InChI=1S/C27H24N2O4S2/c30-16-21(12-20-15-28-23-7-3-2-6-22(20)23)29-35(31,32)26-14-19(11-18-9-10-33-27(18)26)25-13-17-5-1-4-8-24(17)34-25/h1-8,11,13-15,21,28-30H,9-10,12,16H2/t21-/m1/s1. The van der Waals surface area contributed by atoms with Gasteiger partial charge in [0.05, 0.1) is 13.2 Å². The number of aromatic amines is 1. The van der Waals surface area contributed by atoms with Crippen LogP contribution in [0.25, 0.3) is 31.4 Å². The molecule has 1 aliphatic heterocycles. The Labute approximate surface area is 207 Å². The van der Waals surface area contributed by atoms with Crippen LogP contribution in [0.15, 0.2) is 77.8 Å². The van der Waals surface area contributed by atoms with Crippen LogP contribution in [-0.2, 0) is 22.9 Å². The van der Waals surface area contributed by atoms with E-state index in [1.54, 1.807) is 17.4 Å². The number of hydrogen-bond donors (Lipinski definition) is 3. The third-order valence-electron chi connectivity index (χ3n) is 6.43. The molecule has 0 fully saturated rings. The second-order valence-electron chi connectivity index (χ2n) is 8.77. The van der Waals surface area contributed by atoms with Gasteiger partial charge in [0.25, 0.3) is 0 Å². The lowest BCUT2D eigenvalue weighted by molar-refractivity contribution is 0.256. The first-order valence-electron chi connectivity index (χ1n) is 11.5. The molecule has 1 atom stereocenters. The van der Waals surface area contributed by atoms with Crippen molar-refractivity contribution < 1.29 is 18.3 Å². The quantitative estimate of drug-likeness (QED) is 0.295. The summed E-state index contributed by atoms with van der Waals surface area (Å²) in [5, 5.41) is 12.2. The van der Waals surface area contributed by atoms with Crippen LogP contribution >= 0.6 is 11.3 Å². The highest BCUT2D eigenvalue weighted by atomic mass is 32.2. The van der Waals surface area contributed by atoms with Crippen molar-refractivity contribution in [3.05, 3.63) is 84.1 Å². The Kier molecular flexibility index (Phi) is 5.61. The van der Waals surface area contributed by atoms with Gasteiger partial charge >= 0.3 is 0 Å². The van der Waals surface area contributed by atoms with Crippen LogP contribution in [0.1, 0.15) is 11.1 Å². The van der Waals surface area contributed by atoms with Crippen molar-refractivity contribution >= 4 is 42.3 Å².